The third-order valence-corrected chi connectivity index (χ3v) is 5.17. The summed E-state index contributed by atoms with van der Waals surface area (Å²) in [6, 6.07) is 13.7. The third-order valence-electron chi connectivity index (χ3n) is 5.17. The van der Waals surface area contributed by atoms with E-state index in [0.29, 0.717) is 23.4 Å². The minimum absolute atomic E-state index is 0.0709. The van der Waals surface area contributed by atoms with Crippen LogP contribution in [0.25, 0.3) is 0 Å². The zero-order valence-corrected chi connectivity index (χ0v) is 16.8. The lowest BCUT2D eigenvalue weighted by Gasteiger charge is -2.28. The molecule has 1 N–H and O–H groups in total. The summed E-state index contributed by atoms with van der Waals surface area (Å²) in [4.78, 5) is 27.1. The molecule has 0 saturated heterocycles. The number of hydrogen-bond acceptors (Lipinski definition) is 4. The summed E-state index contributed by atoms with van der Waals surface area (Å²) in [5.74, 6) is 0.376. The monoisotopic (exact) mass is 380 g/mol. The van der Waals surface area contributed by atoms with Crippen LogP contribution in [0, 0.1) is 5.92 Å². The molecule has 28 heavy (non-hydrogen) atoms. The van der Waals surface area contributed by atoms with Crippen LogP contribution in [0.2, 0.25) is 0 Å². The molecule has 0 aliphatic carbocycles. The summed E-state index contributed by atoms with van der Waals surface area (Å²) >= 11 is 0. The number of amides is 1. The van der Waals surface area contributed by atoms with Gasteiger partial charge in [0.15, 0.2) is 5.78 Å². The van der Waals surface area contributed by atoms with E-state index in [-0.39, 0.29) is 17.6 Å². The maximum Gasteiger partial charge on any atom is 0.227 e. The molecule has 0 fully saturated rings. The van der Waals surface area contributed by atoms with Crippen molar-refractivity contribution in [2.24, 2.45) is 5.92 Å². The number of methoxy groups -OCH3 is 1. The van der Waals surface area contributed by atoms with Crippen LogP contribution in [0.5, 0.6) is 5.75 Å². The van der Waals surface area contributed by atoms with E-state index >= 15 is 0 Å². The van der Waals surface area contributed by atoms with Crippen molar-refractivity contribution in [1.29, 1.82) is 0 Å². The van der Waals surface area contributed by atoms with E-state index in [1.807, 2.05) is 13.8 Å². The molecule has 3 rings (SSSR count). The predicted molar refractivity (Wildman–Crippen MR) is 111 cm³/mol. The summed E-state index contributed by atoms with van der Waals surface area (Å²) in [7, 11) is 1.55. The van der Waals surface area contributed by atoms with Gasteiger partial charge in [0.2, 0.25) is 5.91 Å². The second-order valence-corrected chi connectivity index (χ2v) is 7.53. The van der Waals surface area contributed by atoms with Crippen LogP contribution in [-0.4, -0.2) is 36.8 Å². The zero-order chi connectivity index (χ0) is 20.1. The molecular weight excluding hydrogens is 352 g/mol. The number of carbonyl (C=O) groups excluding carboxylic acids is 2. The van der Waals surface area contributed by atoms with Gasteiger partial charge < -0.3 is 10.1 Å². The standard InChI is InChI=1S/C23H28N2O3/c1-16(2)23(27)24-20-14-18(8-9-22(20)28-3)21(26)11-13-25-12-10-17-6-4-5-7-19(17)15-25/h4-9,14,16H,10-13,15H2,1-3H3,(H,24,27). The molecule has 0 atom stereocenters. The van der Waals surface area contributed by atoms with Gasteiger partial charge in [-0.3, -0.25) is 14.5 Å². The van der Waals surface area contributed by atoms with Gasteiger partial charge in [0.05, 0.1) is 12.8 Å². The normalized spacial score (nSPS) is 13.9. The lowest BCUT2D eigenvalue weighted by Crippen LogP contribution is -2.32. The quantitative estimate of drug-likeness (QED) is 0.740. The number of nitrogens with zero attached hydrogens (tertiary/aromatic N) is 1. The molecule has 0 radical (unpaired) electrons. The van der Waals surface area contributed by atoms with E-state index in [9.17, 15) is 9.59 Å². The Kier molecular flexibility index (Phi) is 6.47. The number of rotatable bonds is 7. The lowest BCUT2D eigenvalue weighted by atomic mass is 9.99. The predicted octanol–water partition coefficient (Wildman–Crippen LogP) is 3.92. The van der Waals surface area contributed by atoms with Gasteiger partial charge >= 0.3 is 0 Å². The number of fused-ring (bicyclic) bond motifs is 1. The van der Waals surface area contributed by atoms with E-state index in [1.165, 1.54) is 11.1 Å². The Hall–Kier alpha value is -2.66. The first-order chi connectivity index (χ1) is 13.5. The number of Topliss-reactive ketones (excluding diaryl/α,β-unsaturated/α-hetero) is 1. The first-order valence-corrected chi connectivity index (χ1v) is 9.79. The summed E-state index contributed by atoms with van der Waals surface area (Å²) in [5.41, 5.74) is 3.89. The molecule has 0 aromatic heterocycles. The van der Waals surface area contributed by atoms with E-state index < -0.39 is 0 Å². The van der Waals surface area contributed by atoms with Crippen molar-refractivity contribution >= 4 is 17.4 Å². The molecule has 2 aromatic rings. The first kappa shape index (κ1) is 20.1. The number of benzene rings is 2. The van der Waals surface area contributed by atoms with Crippen LogP contribution < -0.4 is 10.1 Å². The summed E-state index contributed by atoms with van der Waals surface area (Å²) in [6.45, 7) is 6.25. The summed E-state index contributed by atoms with van der Waals surface area (Å²) in [6.07, 6.45) is 1.48. The maximum atomic E-state index is 12.7. The second-order valence-electron chi connectivity index (χ2n) is 7.53. The Bertz CT molecular complexity index is 861. The molecule has 0 bridgehead atoms. The number of ketones is 1. The van der Waals surface area contributed by atoms with Crippen molar-refractivity contribution in [3.05, 3.63) is 59.2 Å². The van der Waals surface area contributed by atoms with E-state index in [0.717, 1.165) is 26.1 Å². The van der Waals surface area contributed by atoms with Crippen LogP contribution in [0.15, 0.2) is 42.5 Å². The first-order valence-electron chi connectivity index (χ1n) is 9.79. The van der Waals surface area contributed by atoms with E-state index in [1.54, 1.807) is 25.3 Å². The fraction of sp³-hybridized carbons (Fsp3) is 0.391. The van der Waals surface area contributed by atoms with Gasteiger partial charge in [-0.2, -0.15) is 0 Å². The molecule has 5 heteroatoms. The van der Waals surface area contributed by atoms with Gasteiger partial charge in [0, 0.05) is 37.5 Å². The number of hydrogen-bond donors (Lipinski definition) is 1. The number of anilines is 1. The Labute approximate surface area is 166 Å². The minimum Gasteiger partial charge on any atom is -0.495 e. The molecule has 1 amide bonds. The Morgan fingerprint density at radius 2 is 1.89 bits per heavy atom. The highest BCUT2D eigenvalue weighted by Crippen LogP contribution is 2.27. The molecule has 148 valence electrons. The highest BCUT2D eigenvalue weighted by atomic mass is 16.5. The van der Waals surface area contributed by atoms with Crippen LogP contribution >= 0.6 is 0 Å². The average Bonchev–Trinajstić information content (AvgIpc) is 2.71. The molecule has 5 nitrogen and oxygen atoms in total. The Morgan fingerprint density at radius 3 is 2.61 bits per heavy atom. The Morgan fingerprint density at radius 1 is 1.14 bits per heavy atom. The van der Waals surface area contributed by atoms with Gasteiger partial charge in [-0.15, -0.1) is 0 Å². The SMILES string of the molecule is COc1ccc(C(=O)CCN2CCc3ccccc3C2)cc1NC(=O)C(C)C. The number of carbonyl (C=O) groups is 2. The lowest BCUT2D eigenvalue weighted by molar-refractivity contribution is -0.118. The van der Waals surface area contributed by atoms with E-state index in [4.69, 9.17) is 4.74 Å². The van der Waals surface area contributed by atoms with Crippen molar-refractivity contribution < 1.29 is 14.3 Å². The number of nitrogens with one attached hydrogen (secondary N) is 1. The van der Waals surface area contributed by atoms with Gasteiger partial charge in [-0.05, 0) is 35.7 Å². The van der Waals surface area contributed by atoms with Gasteiger partial charge in [0.1, 0.15) is 5.75 Å². The molecule has 1 heterocycles. The van der Waals surface area contributed by atoms with Crippen LogP contribution in [-0.2, 0) is 17.8 Å². The van der Waals surface area contributed by atoms with Gasteiger partial charge in [0.25, 0.3) is 0 Å². The molecule has 0 spiro atoms. The highest BCUT2D eigenvalue weighted by Gasteiger charge is 2.18. The van der Waals surface area contributed by atoms with Crippen molar-refractivity contribution in [3.8, 4) is 5.75 Å². The molecule has 0 unspecified atom stereocenters. The molecule has 0 saturated carbocycles. The van der Waals surface area contributed by atoms with E-state index in [2.05, 4.69) is 34.5 Å². The zero-order valence-electron chi connectivity index (χ0n) is 16.8. The molecule has 1 aliphatic heterocycles. The fourth-order valence-electron chi connectivity index (χ4n) is 3.41. The smallest absolute Gasteiger partial charge is 0.227 e. The molecular formula is C23H28N2O3. The third kappa shape index (κ3) is 4.78. The number of ether oxygens (including phenoxy) is 1. The minimum atomic E-state index is -0.147. The van der Waals surface area contributed by atoms with Gasteiger partial charge in [-0.1, -0.05) is 38.1 Å². The fourth-order valence-corrected chi connectivity index (χ4v) is 3.41. The van der Waals surface area contributed by atoms with Crippen LogP contribution in [0.1, 0.15) is 41.8 Å². The summed E-state index contributed by atoms with van der Waals surface area (Å²) < 4.78 is 5.31. The topological polar surface area (TPSA) is 58.6 Å². The Balaban J connectivity index is 1.63. The maximum absolute atomic E-state index is 12.7. The van der Waals surface area contributed by atoms with Gasteiger partial charge in [-0.25, -0.2) is 0 Å². The van der Waals surface area contributed by atoms with Crippen LogP contribution in [0.3, 0.4) is 0 Å². The van der Waals surface area contributed by atoms with Crippen molar-refractivity contribution in [2.75, 3.05) is 25.5 Å². The largest absolute Gasteiger partial charge is 0.495 e. The van der Waals surface area contributed by atoms with Crippen LogP contribution in [0.4, 0.5) is 5.69 Å². The molecule has 2 aromatic carbocycles. The van der Waals surface area contributed by atoms with Crippen molar-refractivity contribution in [1.82, 2.24) is 4.90 Å². The van der Waals surface area contributed by atoms with Crippen molar-refractivity contribution in [2.45, 2.75) is 33.2 Å². The van der Waals surface area contributed by atoms with Crippen molar-refractivity contribution in [3.63, 3.8) is 0 Å². The summed E-state index contributed by atoms with van der Waals surface area (Å²) in [5, 5.41) is 2.85. The average molecular weight is 380 g/mol. The molecule has 1 aliphatic rings. The second kappa shape index (κ2) is 9.02. The highest BCUT2D eigenvalue weighted by molar-refractivity contribution is 5.99.